The summed E-state index contributed by atoms with van der Waals surface area (Å²) in [6.45, 7) is 7.75. The van der Waals surface area contributed by atoms with Gasteiger partial charge in [0.05, 0.1) is 24.1 Å². The molecule has 4 aromatic rings. The Bertz CT molecular complexity index is 1500. The molecule has 2 atom stereocenters. The summed E-state index contributed by atoms with van der Waals surface area (Å²) in [5, 5.41) is 18.4. The predicted octanol–water partition coefficient (Wildman–Crippen LogP) is 5.06. The van der Waals surface area contributed by atoms with E-state index in [0.717, 1.165) is 6.07 Å². The van der Waals surface area contributed by atoms with Crippen molar-refractivity contribution in [2.24, 2.45) is 0 Å². The minimum Gasteiger partial charge on any atom is -0.475 e. The molecule has 1 aromatic carbocycles. The van der Waals surface area contributed by atoms with Gasteiger partial charge in [-0.05, 0) is 51.0 Å². The normalized spacial score (nSPS) is 17.9. The first-order chi connectivity index (χ1) is 18.4. The van der Waals surface area contributed by atoms with E-state index in [1.165, 1.54) is 28.9 Å². The molecule has 5 rings (SSSR count). The van der Waals surface area contributed by atoms with Crippen LogP contribution >= 0.6 is 0 Å². The topological polar surface area (TPSA) is 103 Å². The van der Waals surface area contributed by atoms with E-state index in [1.807, 2.05) is 13.8 Å². The van der Waals surface area contributed by atoms with Crippen LogP contribution in [0, 0.1) is 13.8 Å². The van der Waals surface area contributed by atoms with Crippen LogP contribution in [0.1, 0.15) is 42.5 Å². The van der Waals surface area contributed by atoms with Crippen LogP contribution in [0.4, 0.5) is 19.0 Å². The molecule has 1 unspecified atom stereocenters. The Morgan fingerprint density at radius 2 is 1.92 bits per heavy atom. The van der Waals surface area contributed by atoms with Crippen LogP contribution in [0.5, 0.6) is 5.88 Å². The summed E-state index contributed by atoms with van der Waals surface area (Å²) in [5.74, 6) is -0.0394. The molecule has 1 saturated heterocycles. The number of nitrogens with one attached hydrogen (secondary N) is 1. The van der Waals surface area contributed by atoms with Crippen molar-refractivity contribution in [1.82, 2.24) is 19.6 Å². The number of fused-ring (bicyclic) bond motifs is 1. The maximum atomic E-state index is 13.8. The molecule has 1 aliphatic heterocycles. The van der Waals surface area contributed by atoms with Crippen LogP contribution in [0.15, 0.2) is 48.7 Å². The van der Waals surface area contributed by atoms with Crippen LogP contribution in [0.3, 0.4) is 0 Å². The lowest BCUT2D eigenvalue weighted by Gasteiger charge is -2.18. The summed E-state index contributed by atoms with van der Waals surface area (Å²) in [6.07, 6.45) is -4.70. The number of aromatic nitrogens is 4. The van der Waals surface area contributed by atoms with Crippen molar-refractivity contribution < 1.29 is 32.5 Å². The number of aryl methyl sites for hydroxylation is 1. The summed E-state index contributed by atoms with van der Waals surface area (Å²) in [6, 6.07) is 10.3. The number of benzene rings is 1. The highest BCUT2D eigenvalue weighted by Gasteiger charge is 2.35. The third-order valence-corrected chi connectivity index (χ3v) is 6.48. The molecule has 1 fully saturated rings. The number of aliphatic hydroxyl groups excluding tert-OH is 1. The molecule has 3 aromatic heterocycles. The third-order valence-electron chi connectivity index (χ3n) is 6.48. The second kappa shape index (κ2) is 10.1. The highest BCUT2D eigenvalue weighted by atomic mass is 19.4. The van der Waals surface area contributed by atoms with Crippen molar-refractivity contribution in [3.8, 4) is 17.1 Å². The molecule has 0 saturated carbocycles. The first-order valence-electron chi connectivity index (χ1n) is 12.3. The van der Waals surface area contributed by atoms with E-state index in [9.17, 15) is 18.3 Å². The SMILES string of the molecule is Cc1c(-c2ccccc2C(F)(F)F)nn2c(C(O)Nc3cccc(OC[C@H]4COC(C)(C)O4)n3)cnc2c1C. The molecule has 206 valence electrons. The molecular formula is C27H28F3N5O4. The van der Waals surface area contributed by atoms with Gasteiger partial charge in [-0.25, -0.2) is 9.50 Å². The lowest BCUT2D eigenvalue weighted by atomic mass is 9.99. The number of halogens is 3. The van der Waals surface area contributed by atoms with Crippen LogP contribution in [-0.2, 0) is 15.7 Å². The number of nitrogens with zero attached hydrogens (tertiary/aromatic N) is 4. The predicted molar refractivity (Wildman–Crippen MR) is 136 cm³/mol. The molecule has 4 heterocycles. The van der Waals surface area contributed by atoms with E-state index in [2.05, 4.69) is 20.4 Å². The largest absolute Gasteiger partial charge is 0.475 e. The average Bonchev–Trinajstić information content (AvgIpc) is 3.47. The first kappa shape index (κ1) is 26.9. The highest BCUT2D eigenvalue weighted by Crippen LogP contribution is 2.38. The van der Waals surface area contributed by atoms with Gasteiger partial charge in [0.2, 0.25) is 5.88 Å². The second-order valence-corrected chi connectivity index (χ2v) is 9.73. The molecule has 0 bridgehead atoms. The Morgan fingerprint density at radius 1 is 1.15 bits per heavy atom. The molecule has 0 aliphatic carbocycles. The van der Waals surface area contributed by atoms with Crippen LogP contribution in [-0.4, -0.2) is 49.8 Å². The smallest absolute Gasteiger partial charge is 0.417 e. The van der Waals surface area contributed by atoms with Crippen molar-refractivity contribution in [3.63, 3.8) is 0 Å². The Labute approximate surface area is 222 Å². The number of hydrogen-bond acceptors (Lipinski definition) is 8. The molecule has 12 heteroatoms. The van der Waals surface area contributed by atoms with Gasteiger partial charge in [0.25, 0.3) is 0 Å². The van der Waals surface area contributed by atoms with Crippen molar-refractivity contribution in [3.05, 3.63) is 71.0 Å². The highest BCUT2D eigenvalue weighted by molar-refractivity contribution is 5.71. The lowest BCUT2D eigenvalue weighted by molar-refractivity contribution is -0.141. The summed E-state index contributed by atoms with van der Waals surface area (Å²) in [5.41, 5.74) is 1.15. The fraction of sp³-hybridized carbons (Fsp3) is 0.370. The van der Waals surface area contributed by atoms with Gasteiger partial charge in [0.1, 0.15) is 24.2 Å². The van der Waals surface area contributed by atoms with Gasteiger partial charge in [0.15, 0.2) is 17.7 Å². The number of pyridine rings is 1. The van der Waals surface area contributed by atoms with Crippen molar-refractivity contribution in [2.45, 2.75) is 52.0 Å². The maximum Gasteiger partial charge on any atom is 0.417 e. The fourth-order valence-corrected chi connectivity index (χ4v) is 4.43. The molecular weight excluding hydrogens is 515 g/mol. The van der Waals surface area contributed by atoms with Gasteiger partial charge in [-0.3, -0.25) is 0 Å². The van der Waals surface area contributed by atoms with Gasteiger partial charge in [-0.15, -0.1) is 0 Å². The number of ether oxygens (including phenoxy) is 3. The van der Waals surface area contributed by atoms with E-state index in [-0.39, 0.29) is 29.7 Å². The molecule has 0 amide bonds. The summed E-state index contributed by atoms with van der Waals surface area (Å²) in [4.78, 5) is 8.73. The number of aliphatic hydroxyl groups is 1. The summed E-state index contributed by atoms with van der Waals surface area (Å²) < 4.78 is 59.6. The molecule has 1 aliphatic rings. The van der Waals surface area contributed by atoms with Crippen LogP contribution in [0.2, 0.25) is 0 Å². The zero-order valence-corrected chi connectivity index (χ0v) is 21.8. The zero-order valence-electron chi connectivity index (χ0n) is 21.8. The average molecular weight is 544 g/mol. The van der Waals surface area contributed by atoms with Gasteiger partial charge in [-0.2, -0.15) is 23.3 Å². The first-order valence-corrected chi connectivity index (χ1v) is 12.3. The zero-order chi connectivity index (χ0) is 27.9. The summed E-state index contributed by atoms with van der Waals surface area (Å²) >= 11 is 0. The number of hydrogen-bond donors (Lipinski definition) is 2. The number of imidazole rings is 1. The number of anilines is 1. The maximum absolute atomic E-state index is 13.8. The molecule has 39 heavy (non-hydrogen) atoms. The molecule has 0 spiro atoms. The van der Waals surface area contributed by atoms with E-state index in [4.69, 9.17) is 14.2 Å². The van der Waals surface area contributed by atoms with Crippen molar-refractivity contribution >= 4 is 11.5 Å². The Balaban J connectivity index is 1.40. The Kier molecular flexibility index (Phi) is 6.95. The van der Waals surface area contributed by atoms with E-state index in [1.54, 1.807) is 32.0 Å². The molecule has 0 radical (unpaired) electrons. The van der Waals surface area contributed by atoms with Gasteiger partial charge in [0, 0.05) is 11.6 Å². The Hall–Kier alpha value is -3.74. The molecule has 9 nitrogen and oxygen atoms in total. The second-order valence-electron chi connectivity index (χ2n) is 9.73. The van der Waals surface area contributed by atoms with Gasteiger partial charge >= 0.3 is 6.18 Å². The third kappa shape index (κ3) is 5.54. The fourth-order valence-electron chi connectivity index (χ4n) is 4.43. The van der Waals surface area contributed by atoms with Gasteiger partial charge in [-0.1, -0.05) is 24.3 Å². The van der Waals surface area contributed by atoms with Crippen LogP contribution in [0.25, 0.3) is 16.9 Å². The number of alkyl halides is 3. The Morgan fingerprint density at radius 3 is 2.64 bits per heavy atom. The lowest BCUT2D eigenvalue weighted by Crippen LogP contribution is -2.25. The van der Waals surface area contributed by atoms with Crippen LogP contribution < -0.4 is 10.1 Å². The number of rotatable bonds is 7. The van der Waals surface area contributed by atoms with E-state index in [0.29, 0.717) is 35.1 Å². The summed E-state index contributed by atoms with van der Waals surface area (Å²) in [7, 11) is 0. The molecule has 2 N–H and O–H groups in total. The van der Waals surface area contributed by atoms with Crippen molar-refractivity contribution in [1.29, 1.82) is 0 Å². The quantitative estimate of drug-likeness (QED) is 0.312. The van der Waals surface area contributed by atoms with E-state index >= 15 is 0 Å². The minimum absolute atomic E-state index is 0.0545. The van der Waals surface area contributed by atoms with Crippen molar-refractivity contribution in [2.75, 3.05) is 18.5 Å². The minimum atomic E-state index is -4.56. The van der Waals surface area contributed by atoms with Gasteiger partial charge < -0.3 is 24.6 Å². The van der Waals surface area contributed by atoms with E-state index < -0.39 is 23.8 Å². The standard InChI is InChI=1S/C27H28F3N5O4/c1-15-16(2)24-31-12-20(35(24)34-23(15)18-8-5-6-9-19(18)27(28,29)30)25(36)33-21-10-7-11-22(32-21)37-13-17-14-38-26(3,4)39-17/h5-12,17,25,36H,13-14H2,1-4H3,(H,32,33)/t17-,25?/m0/s1. The monoisotopic (exact) mass is 543 g/mol.